The average Bonchev–Trinajstić information content (AvgIpc) is 3.30. The van der Waals surface area contributed by atoms with Crippen LogP contribution in [0.4, 0.5) is 0 Å². The van der Waals surface area contributed by atoms with E-state index < -0.39 is 5.60 Å². The number of likely N-dealkylation sites (tertiary alicyclic amines) is 1. The molecule has 1 fully saturated rings. The number of hydrogen-bond donors (Lipinski definition) is 1. The number of nitrogens with zero attached hydrogens (tertiary/aromatic N) is 2. The molecule has 2 aromatic rings. The molecule has 0 saturated carbocycles. The molecule has 0 spiro atoms. The Hall–Kier alpha value is -2.11. The van der Waals surface area contributed by atoms with E-state index in [1.807, 2.05) is 43.3 Å². The first-order valence-electron chi connectivity index (χ1n) is 9.91. The first-order chi connectivity index (χ1) is 13.0. The van der Waals surface area contributed by atoms with E-state index in [2.05, 4.69) is 18.7 Å². The zero-order chi connectivity index (χ0) is 19.4. The predicted molar refractivity (Wildman–Crippen MR) is 106 cm³/mol. The van der Waals surface area contributed by atoms with Gasteiger partial charge in [-0.2, -0.15) is 0 Å². The molecule has 0 aliphatic carbocycles. The van der Waals surface area contributed by atoms with Gasteiger partial charge in [0.05, 0.1) is 6.54 Å². The summed E-state index contributed by atoms with van der Waals surface area (Å²) in [7, 11) is 0. The lowest BCUT2D eigenvalue weighted by atomic mass is 9.93. The van der Waals surface area contributed by atoms with Crippen molar-refractivity contribution in [3.05, 3.63) is 59.0 Å². The molecule has 1 atom stereocenters. The Labute approximate surface area is 161 Å². The Bertz CT molecular complexity index is 767. The summed E-state index contributed by atoms with van der Waals surface area (Å²) >= 11 is 0. The zero-order valence-corrected chi connectivity index (χ0v) is 16.6. The van der Waals surface area contributed by atoms with Crippen LogP contribution in [0.1, 0.15) is 54.6 Å². The Morgan fingerprint density at radius 1 is 1.22 bits per heavy atom. The van der Waals surface area contributed by atoms with Crippen molar-refractivity contribution >= 4 is 5.91 Å². The minimum atomic E-state index is -0.985. The third-order valence-corrected chi connectivity index (χ3v) is 5.56. The van der Waals surface area contributed by atoms with Gasteiger partial charge in [-0.15, -0.1) is 0 Å². The van der Waals surface area contributed by atoms with Gasteiger partial charge in [0.2, 0.25) is 0 Å². The second-order valence-electron chi connectivity index (χ2n) is 7.25. The molecule has 27 heavy (non-hydrogen) atoms. The minimum absolute atomic E-state index is 0.137. The van der Waals surface area contributed by atoms with Crippen molar-refractivity contribution < 1.29 is 14.3 Å². The molecule has 1 N–H and O–H groups in total. The first-order valence-corrected chi connectivity index (χ1v) is 9.91. The quantitative estimate of drug-likeness (QED) is 0.811. The third kappa shape index (κ3) is 4.09. The van der Waals surface area contributed by atoms with Crippen molar-refractivity contribution in [2.75, 3.05) is 26.2 Å². The summed E-state index contributed by atoms with van der Waals surface area (Å²) in [6.45, 7) is 9.85. The van der Waals surface area contributed by atoms with E-state index in [1.165, 1.54) is 0 Å². The molecule has 146 valence electrons. The molecule has 1 saturated heterocycles. The number of aliphatic hydroxyl groups is 1. The van der Waals surface area contributed by atoms with Crippen LogP contribution in [0.3, 0.4) is 0 Å². The van der Waals surface area contributed by atoms with Crippen molar-refractivity contribution in [3.8, 4) is 0 Å². The van der Waals surface area contributed by atoms with Gasteiger partial charge in [0.15, 0.2) is 5.76 Å². The van der Waals surface area contributed by atoms with Gasteiger partial charge < -0.3 is 14.4 Å². The van der Waals surface area contributed by atoms with Gasteiger partial charge in [-0.05, 0) is 31.1 Å². The second kappa shape index (κ2) is 8.28. The topological polar surface area (TPSA) is 56.9 Å². The molecule has 0 bridgehead atoms. The summed E-state index contributed by atoms with van der Waals surface area (Å²) in [5, 5.41) is 11.0. The maximum atomic E-state index is 13.0. The van der Waals surface area contributed by atoms with Gasteiger partial charge in [0, 0.05) is 25.1 Å². The molecule has 0 radical (unpaired) electrons. The van der Waals surface area contributed by atoms with Crippen molar-refractivity contribution in [1.29, 1.82) is 0 Å². The molecule has 1 aromatic heterocycles. The fourth-order valence-corrected chi connectivity index (χ4v) is 3.80. The van der Waals surface area contributed by atoms with E-state index in [1.54, 1.807) is 4.90 Å². The zero-order valence-electron chi connectivity index (χ0n) is 16.6. The Balaban J connectivity index is 1.76. The van der Waals surface area contributed by atoms with Crippen molar-refractivity contribution in [2.45, 2.75) is 45.8 Å². The largest absolute Gasteiger partial charge is 0.456 e. The van der Waals surface area contributed by atoms with Crippen LogP contribution < -0.4 is 0 Å². The molecule has 1 unspecified atom stereocenters. The van der Waals surface area contributed by atoms with Gasteiger partial charge in [-0.25, -0.2) is 0 Å². The van der Waals surface area contributed by atoms with E-state index in [0.29, 0.717) is 25.3 Å². The molecule has 1 aliphatic rings. The normalized spacial score (nSPS) is 19.8. The van der Waals surface area contributed by atoms with E-state index >= 15 is 0 Å². The number of furan rings is 1. The summed E-state index contributed by atoms with van der Waals surface area (Å²) in [6, 6.07) is 11.5. The fourth-order valence-electron chi connectivity index (χ4n) is 3.80. The average molecular weight is 370 g/mol. The van der Waals surface area contributed by atoms with Crippen LogP contribution in [0.5, 0.6) is 0 Å². The fraction of sp³-hybridized carbons (Fsp3) is 0.500. The van der Waals surface area contributed by atoms with Crippen LogP contribution >= 0.6 is 0 Å². The van der Waals surface area contributed by atoms with E-state index in [-0.39, 0.29) is 5.91 Å². The standard InChI is InChI=1S/C22H30N2O3/c1-4-19-17(15-23(5-2)6-3)14-20(27-19)21(25)24-13-12-22(26,16-24)18-10-8-7-9-11-18/h7-11,14,26H,4-6,12-13,15-16H2,1-3H3. The van der Waals surface area contributed by atoms with E-state index in [0.717, 1.165) is 42.9 Å². The number of benzene rings is 1. The molecule has 1 aliphatic heterocycles. The second-order valence-corrected chi connectivity index (χ2v) is 7.25. The van der Waals surface area contributed by atoms with E-state index in [4.69, 9.17) is 4.42 Å². The van der Waals surface area contributed by atoms with Gasteiger partial charge in [0.25, 0.3) is 5.91 Å². The lowest BCUT2D eigenvalue weighted by Gasteiger charge is -2.23. The van der Waals surface area contributed by atoms with Crippen LogP contribution in [-0.4, -0.2) is 47.0 Å². The highest BCUT2D eigenvalue weighted by atomic mass is 16.4. The molecular weight excluding hydrogens is 340 g/mol. The Morgan fingerprint density at radius 3 is 2.56 bits per heavy atom. The molecular formula is C22H30N2O3. The molecule has 5 nitrogen and oxygen atoms in total. The third-order valence-electron chi connectivity index (χ3n) is 5.56. The summed E-state index contributed by atoms with van der Waals surface area (Å²) in [5.41, 5.74) is 0.958. The summed E-state index contributed by atoms with van der Waals surface area (Å²) in [4.78, 5) is 17.0. The van der Waals surface area contributed by atoms with Crippen LogP contribution in [0, 0.1) is 0 Å². The van der Waals surface area contributed by atoms with Gasteiger partial charge in [-0.3, -0.25) is 9.69 Å². The maximum absolute atomic E-state index is 13.0. The summed E-state index contributed by atoms with van der Waals surface area (Å²) in [6.07, 6.45) is 1.30. The Morgan fingerprint density at radius 2 is 1.93 bits per heavy atom. The molecule has 5 heteroatoms. The lowest BCUT2D eigenvalue weighted by Crippen LogP contribution is -2.34. The Kier molecular flexibility index (Phi) is 6.02. The summed E-state index contributed by atoms with van der Waals surface area (Å²) in [5.74, 6) is 1.12. The number of amides is 1. The lowest BCUT2D eigenvalue weighted by molar-refractivity contribution is 0.0407. The van der Waals surface area contributed by atoms with Crippen molar-refractivity contribution in [2.24, 2.45) is 0 Å². The molecule has 1 amide bonds. The highest BCUT2D eigenvalue weighted by Crippen LogP contribution is 2.33. The highest BCUT2D eigenvalue weighted by molar-refractivity contribution is 5.92. The molecule has 3 rings (SSSR count). The number of carbonyl (C=O) groups is 1. The number of hydrogen-bond acceptors (Lipinski definition) is 4. The number of rotatable bonds is 7. The first kappa shape index (κ1) is 19.6. The van der Waals surface area contributed by atoms with Crippen LogP contribution in [0.2, 0.25) is 0 Å². The van der Waals surface area contributed by atoms with Crippen LogP contribution in [0.25, 0.3) is 0 Å². The minimum Gasteiger partial charge on any atom is -0.456 e. The summed E-state index contributed by atoms with van der Waals surface area (Å²) < 4.78 is 5.90. The van der Waals surface area contributed by atoms with Gasteiger partial charge in [-0.1, -0.05) is 51.1 Å². The maximum Gasteiger partial charge on any atom is 0.289 e. The SMILES string of the molecule is CCc1oc(C(=O)N2CCC(O)(c3ccccc3)C2)cc1CN(CC)CC. The predicted octanol–water partition coefficient (Wildman–Crippen LogP) is 3.42. The van der Waals surface area contributed by atoms with Crippen LogP contribution in [-0.2, 0) is 18.6 Å². The number of aryl methyl sites for hydroxylation is 1. The number of carbonyl (C=O) groups excluding carboxylic acids is 1. The van der Waals surface area contributed by atoms with Gasteiger partial charge in [0.1, 0.15) is 11.4 Å². The highest BCUT2D eigenvalue weighted by Gasteiger charge is 2.40. The van der Waals surface area contributed by atoms with E-state index in [9.17, 15) is 9.90 Å². The van der Waals surface area contributed by atoms with Gasteiger partial charge >= 0.3 is 0 Å². The van der Waals surface area contributed by atoms with Crippen molar-refractivity contribution in [1.82, 2.24) is 9.80 Å². The van der Waals surface area contributed by atoms with Crippen molar-refractivity contribution in [3.63, 3.8) is 0 Å². The number of β-amino-alcohol motifs (C(OH)–C–C–N with tert-alkyl or cyclic N) is 1. The van der Waals surface area contributed by atoms with Crippen LogP contribution in [0.15, 0.2) is 40.8 Å². The molecule has 2 heterocycles. The smallest absolute Gasteiger partial charge is 0.289 e. The monoisotopic (exact) mass is 370 g/mol. The molecule has 1 aromatic carbocycles.